The van der Waals surface area contributed by atoms with Gasteiger partial charge < -0.3 is 15.4 Å². The molecule has 0 saturated heterocycles. The first-order valence-electron chi connectivity index (χ1n) is 7.11. The Morgan fingerprint density at radius 3 is 3.00 bits per heavy atom. The molecular weight excluding hydrogens is 316 g/mol. The van der Waals surface area contributed by atoms with Crippen molar-refractivity contribution >= 4 is 34.4 Å². The van der Waals surface area contributed by atoms with Gasteiger partial charge in [-0.15, -0.1) is 0 Å². The van der Waals surface area contributed by atoms with E-state index in [0.29, 0.717) is 16.5 Å². The van der Waals surface area contributed by atoms with Gasteiger partial charge in [0.05, 0.1) is 11.3 Å². The number of aliphatic carboxylic acids is 1. The van der Waals surface area contributed by atoms with Gasteiger partial charge in [-0.1, -0.05) is 30.7 Å². The highest BCUT2D eigenvalue weighted by Crippen LogP contribution is 2.32. The standard InChI is InChI=1S/C16H15ClN4O2/c1-9(16(22)23)6-18-14-13-12(7-19-15(13)21-8-20-14)10-3-2-4-11(17)5-10/h2-5,7-9H,6H2,1H3,(H,22,23)(H2,18,19,20,21). The number of benzene rings is 1. The first-order chi connectivity index (χ1) is 11.1. The summed E-state index contributed by atoms with van der Waals surface area (Å²) in [5.74, 6) is -0.778. The fourth-order valence-electron chi connectivity index (χ4n) is 2.32. The Kier molecular flexibility index (Phi) is 4.16. The van der Waals surface area contributed by atoms with E-state index in [9.17, 15) is 4.79 Å². The molecule has 0 amide bonds. The molecule has 2 heterocycles. The maximum atomic E-state index is 11.0. The third kappa shape index (κ3) is 3.12. The number of rotatable bonds is 5. The molecule has 0 radical (unpaired) electrons. The molecule has 3 aromatic rings. The van der Waals surface area contributed by atoms with Crippen molar-refractivity contribution in [3.8, 4) is 11.1 Å². The number of fused-ring (bicyclic) bond motifs is 1. The number of carbonyl (C=O) groups is 1. The Morgan fingerprint density at radius 1 is 1.43 bits per heavy atom. The summed E-state index contributed by atoms with van der Waals surface area (Å²) in [4.78, 5) is 22.5. The van der Waals surface area contributed by atoms with Crippen LogP contribution in [0.4, 0.5) is 5.82 Å². The zero-order valence-electron chi connectivity index (χ0n) is 12.4. The Balaban J connectivity index is 2.02. The van der Waals surface area contributed by atoms with Crippen molar-refractivity contribution in [3.05, 3.63) is 41.8 Å². The predicted molar refractivity (Wildman–Crippen MR) is 89.6 cm³/mol. The van der Waals surface area contributed by atoms with Gasteiger partial charge in [-0.05, 0) is 17.7 Å². The predicted octanol–water partition coefficient (Wildman–Crippen LogP) is 3.41. The van der Waals surface area contributed by atoms with E-state index in [2.05, 4.69) is 20.3 Å². The van der Waals surface area contributed by atoms with Gasteiger partial charge in [0.15, 0.2) is 0 Å². The van der Waals surface area contributed by atoms with Crippen LogP contribution in [-0.4, -0.2) is 32.6 Å². The molecule has 2 aromatic heterocycles. The topological polar surface area (TPSA) is 90.9 Å². The van der Waals surface area contributed by atoms with Crippen LogP contribution in [0.25, 0.3) is 22.2 Å². The average molecular weight is 331 g/mol. The number of aromatic amines is 1. The van der Waals surface area contributed by atoms with Crippen LogP contribution in [0.15, 0.2) is 36.8 Å². The van der Waals surface area contributed by atoms with E-state index in [1.807, 2.05) is 30.5 Å². The maximum Gasteiger partial charge on any atom is 0.308 e. The number of hydrogen-bond donors (Lipinski definition) is 3. The fraction of sp³-hybridized carbons (Fsp3) is 0.188. The molecule has 6 nitrogen and oxygen atoms in total. The van der Waals surface area contributed by atoms with E-state index in [4.69, 9.17) is 16.7 Å². The van der Waals surface area contributed by atoms with E-state index in [-0.39, 0.29) is 6.54 Å². The Hall–Kier alpha value is -2.60. The third-order valence-corrected chi connectivity index (χ3v) is 3.84. The summed E-state index contributed by atoms with van der Waals surface area (Å²) >= 11 is 6.07. The molecule has 0 saturated carbocycles. The van der Waals surface area contributed by atoms with Crippen molar-refractivity contribution < 1.29 is 9.90 Å². The first-order valence-corrected chi connectivity index (χ1v) is 7.48. The Bertz CT molecular complexity index is 862. The van der Waals surface area contributed by atoms with E-state index in [0.717, 1.165) is 16.5 Å². The van der Waals surface area contributed by atoms with Gasteiger partial charge in [0.2, 0.25) is 0 Å². The molecule has 0 aliphatic rings. The second-order valence-electron chi connectivity index (χ2n) is 5.28. The number of H-pyrrole nitrogens is 1. The second-order valence-corrected chi connectivity index (χ2v) is 5.72. The van der Waals surface area contributed by atoms with Crippen LogP contribution in [0.2, 0.25) is 5.02 Å². The molecule has 23 heavy (non-hydrogen) atoms. The van der Waals surface area contributed by atoms with E-state index in [1.165, 1.54) is 6.33 Å². The lowest BCUT2D eigenvalue weighted by Crippen LogP contribution is -2.20. The summed E-state index contributed by atoms with van der Waals surface area (Å²) in [7, 11) is 0. The fourth-order valence-corrected chi connectivity index (χ4v) is 2.51. The van der Waals surface area contributed by atoms with E-state index in [1.54, 1.807) is 6.92 Å². The quantitative estimate of drug-likeness (QED) is 0.667. The molecule has 1 unspecified atom stereocenters. The van der Waals surface area contributed by atoms with Crippen molar-refractivity contribution in [3.63, 3.8) is 0 Å². The van der Waals surface area contributed by atoms with Gasteiger partial charge in [0, 0.05) is 23.3 Å². The smallest absolute Gasteiger partial charge is 0.308 e. The zero-order chi connectivity index (χ0) is 16.4. The third-order valence-electron chi connectivity index (χ3n) is 3.60. The van der Waals surface area contributed by atoms with Crippen LogP contribution >= 0.6 is 11.6 Å². The van der Waals surface area contributed by atoms with Crippen LogP contribution in [0.5, 0.6) is 0 Å². The molecule has 3 rings (SSSR count). The number of aromatic nitrogens is 3. The van der Waals surface area contributed by atoms with Gasteiger partial charge in [-0.25, -0.2) is 9.97 Å². The highest BCUT2D eigenvalue weighted by atomic mass is 35.5. The lowest BCUT2D eigenvalue weighted by molar-refractivity contribution is -0.140. The number of carboxylic acids is 1. The summed E-state index contributed by atoms with van der Waals surface area (Å²) in [5.41, 5.74) is 2.53. The average Bonchev–Trinajstić information content (AvgIpc) is 2.97. The largest absolute Gasteiger partial charge is 0.481 e. The Labute approximate surface area is 137 Å². The molecule has 3 N–H and O–H groups in total. The van der Waals surface area contributed by atoms with Crippen molar-refractivity contribution in [2.24, 2.45) is 5.92 Å². The van der Waals surface area contributed by atoms with Crippen LogP contribution in [-0.2, 0) is 4.79 Å². The lowest BCUT2D eigenvalue weighted by Gasteiger charge is -2.10. The number of nitrogens with one attached hydrogen (secondary N) is 2. The molecule has 7 heteroatoms. The van der Waals surface area contributed by atoms with Crippen LogP contribution in [0, 0.1) is 5.92 Å². The van der Waals surface area contributed by atoms with Gasteiger partial charge in [-0.2, -0.15) is 0 Å². The summed E-state index contributed by atoms with van der Waals surface area (Å²) in [5, 5.41) is 13.6. The molecule has 0 spiro atoms. The van der Waals surface area contributed by atoms with Gasteiger partial charge in [-0.3, -0.25) is 4.79 Å². The number of carboxylic acid groups (broad SMARTS) is 1. The summed E-state index contributed by atoms with van der Waals surface area (Å²) in [6.07, 6.45) is 3.28. The maximum absolute atomic E-state index is 11.0. The summed E-state index contributed by atoms with van der Waals surface area (Å²) in [6, 6.07) is 7.50. The highest BCUT2D eigenvalue weighted by Gasteiger charge is 2.15. The van der Waals surface area contributed by atoms with Gasteiger partial charge in [0.1, 0.15) is 17.8 Å². The SMILES string of the molecule is CC(CNc1ncnc2[nH]cc(-c3cccc(Cl)c3)c12)C(=O)O. The number of halogens is 1. The van der Waals surface area contributed by atoms with Crippen molar-refractivity contribution in [2.45, 2.75) is 6.92 Å². The first kappa shape index (κ1) is 15.3. The van der Waals surface area contributed by atoms with Gasteiger partial charge >= 0.3 is 5.97 Å². The minimum atomic E-state index is -0.855. The number of nitrogens with zero attached hydrogens (tertiary/aromatic N) is 2. The molecule has 1 atom stereocenters. The zero-order valence-corrected chi connectivity index (χ0v) is 13.1. The van der Waals surface area contributed by atoms with Crippen LogP contribution in [0.3, 0.4) is 0 Å². The Morgan fingerprint density at radius 2 is 2.26 bits per heavy atom. The minimum absolute atomic E-state index is 0.279. The molecular formula is C16H15ClN4O2. The van der Waals surface area contributed by atoms with Crippen molar-refractivity contribution in [2.75, 3.05) is 11.9 Å². The molecule has 0 fully saturated rings. The number of hydrogen-bond acceptors (Lipinski definition) is 4. The molecule has 118 valence electrons. The number of anilines is 1. The van der Waals surface area contributed by atoms with Gasteiger partial charge in [0.25, 0.3) is 0 Å². The summed E-state index contributed by atoms with van der Waals surface area (Å²) < 4.78 is 0. The van der Waals surface area contributed by atoms with Crippen LogP contribution < -0.4 is 5.32 Å². The van der Waals surface area contributed by atoms with E-state index >= 15 is 0 Å². The van der Waals surface area contributed by atoms with E-state index < -0.39 is 11.9 Å². The second kappa shape index (κ2) is 6.26. The van der Waals surface area contributed by atoms with Crippen LogP contribution in [0.1, 0.15) is 6.92 Å². The lowest BCUT2D eigenvalue weighted by atomic mass is 10.1. The molecule has 0 bridgehead atoms. The molecule has 1 aromatic carbocycles. The normalized spacial score (nSPS) is 12.3. The van der Waals surface area contributed by atoms with Crippen molar-refractivity contribution in [1.29, 1.82) is 0 Å². The molecule has 0 aliphatic heterocycles. The minimum Gasteiger partial charge on any atom is -0.481 e. The molecule has 0 aliphatic carbocycles. The monoisotopic (exact) mass is 330 g/mol. The summed E-state index contributed by atoms with van der Waals surface area (Å²) in [6.45, 7) is 1.92. The highest BCUT2D eigenvalue weighted by molar-refractivity contribution is 6.31. The van der Waals surface area contributed by atoms with Crippen molar-refractivity contribution in [1.82, 2.24) is 15.0 Å².